The van der Waals surface area contributed by atoms with Crippen LogP contribution in [0.15, 0.2) is 47.3 Å². The molecule has 2 aromatic carbocycles. The zero-order valence-electron chi connectivity index (χ0n) is 13.7. The third-order valence-corrected chi connectivity index (χ3v) is 5.11. The lowest BCUT2D eigenvalue weighted by Gasteiger charge is -2.08. The minimum absolute atomic E-state index is 0.0989. The first-order chi connectivity index (χ1) is 12.0. The maximum Gasteiger partial charge on any atom is 0.261 e. The number of hydrogen-bond acceptors (Lipinski definition) is 3. The number of likely N-dealkylation sites (N-methyl/N-ethyl adjacent to an activating group) is 1. The second-order valence-corrected chi connectivity index (χ2v) is 7.18. The van der Waals surface area contributed by atoms with Crippen LogP contribution in [0, 0.1) is 3.57 Å². The number of anilines is 1. The van der Waals surface area contributed by atoms with Crippen molar-refractivity contribution in [2.75, 3.05) is 11.9 Å². The molecule has 0 radical (unpaired) electrons. The predicted molar refractivity (Wildman–Crippen MR) is 107 cm³/mol. The number of benzene rings is 2. The van der Waals surface area contributed by atoms with Crippen molar-refractivity contribution in [2.45, 2.75) is 0 Å². The summed E-state index contributed by atoms with van der Waals surface area (Å²) in [7, 11) is 3.42. The van der Waals surface area contributed by atoms with Crippen LogP contribution in [0.2, 0.25) is 0 Å². The Kier molecular flexibility index (Phi) is 3.72. The molecule has 124 valence electrons. The topological polar surface area (TPSA) is 55.2 Å². The number of carbonyl (C=O) groups excluding carboxylic acids is 1. The van der Waals surface area contributed by atoms with E-state index in [1.54, 1.807) is 25.1 Å². The number of aromatic nitrogens is 2. The van der Waals surface area contributed by atoms with E-state index in [2.05, 4.69) is 27.6 Å². The second-order valence-electron chi connectivity index (χ2n) is 5.93. The van der Waals surface area contributed by atoms with Crippen molar-refractivity contribution in [3.63, 3.8) is 0 Å². The quantitative estimate of drug-likeness (QED) is 0.429. The molecule has 6 heteroatoms. The van der Waals surface area contributed by atoms with Crippen LogP contribution >= 0.6 is 22.6 Å². The second kappa shape index (κ2) is 5.80. The molecule has 3 aromatic rings. The Morgan fingerprint density at radius 2 is 1.84 bits per heavy atom. The molecule has 2 heterocycles. The summed E-state index contributed by atoms with van der Waals surface area (Å²) in [4.78, 5) is 31.5. The molecule has 0 unspecified atom stereocenters. The van der Waals surface area contributed by atoms with Crippen molar-refractivity contribution in [3.8, 4) is 0 Å². The highest BCUT2D eigenvalue weighted by Gasteiger charge is 2.29. The van der Waals surface area contributed by atoms with E-state index in [9.17, 15) is 9.59 Å². The lowest BCUT2D eigenvalue weighted by atomic mass is 10.1. The Morgan fingerprint density at radius 1 is 1.08 bits per heavy atom. The van der Waals surface area contributed by atoms with Crippen molar-refractivity contribution in [2.24, 2.45) is 7.05 Å². The summed E-state index contributed by atoms with van der Waals surface area (Å²) in [6.45, 7) is 0. The van der Waals surface area contributed by atoms with E-state index in [1.807, 2.05) is 42.5 Å². The van der Waals surface area contributed by atoms with E-state index in [1.165, 1.54) is 4.57 Å². The van der Waals surface area contributed by atoms with Crippen LogP contribution in [0.1, 0.15) is 11.4 Å². The fourth-order valence-corrected chi connectivity index (χ4v) is 3.55. The van der Waals surface area contributed by atoms with E-state index in [0.29, 0.717) is 22.3 Å². The summed E-state index contributed by atoms with van der Waals surface area (Å²) in [5.41, 5.74) is 2.77. The number of carbonyl (C=O) groups is 1. The van der Waals surface area contributed by atoms with Gasteiger partial charge in [-0.1, -0.05) is 18.2 Å². The van der Waals surface area contributed by atoms with Crippen LogP contribution in [0.25, 0.3) is 22.6 Å². The van der Waals surface area contributed by atoms with E-state index < -0.39 is 0 Å². The molecule has 1 aromatic heterocycles. The number of nitrogens with zero attached hydrogens (tertiary/aromatic N) is 3. The molecule has 0 fully saturated rings. The van der Waals surface area contributed by atoms with Gasteiger partial charge in [0.25, 0.3) is 11.5 Å². The first-order valence-electron chi connectivity index (χ1n) is 7.73. The Labute approximate surface area is 157 Å². The Hall–Kier alpha value is -2.48. The number of amides is 1. The normalized spacial score (nSPS) is 15.2. The highest BCUT2D eigenvalue weighted by Crippen LogP contribution is 2.36. The molecule has 0 bridgehead atoms. The molecule has 1 aliphatic rings. The minimum Gasteiger partial charge on any atom is -0.311 e. The van der Waals surface area contributed by atoms with Gasteiger partial charge in [0.05, 0.1) is 22.2 Å². The first kappa shape index (κ1) is 16.0. The van der Waals surface area contributed by atoms with E-state index in [-0.39, 0.29) is 11.5 Å². The van der Waals surface area contributed by atoms with Crippen LogP contribution in [-0.4, -0.2) is 22.5 Å². The molecule has 5 nitrogen and oxygen atoms in total. The molecule has 4 rings (SSSR count). The van der Waals surface area contributed by atoms with Gasteiger partial charge in [-0.05, 0) is 52.9 Å². The summed E-state index contributed by atoms with van der Waals surface area (Å²) in [5, 5.41) is 0.576. The molecule has 25 heavy (non-hydrogen) atoms. The summed E-state index contributed by atoms with van der Waals surface area (Å²) in [5.74, 6) is 0.366. The maximum atomic E-state index is 12.7. The molecule has 0 aliphatic carbocycles. The number of hydrogen-bond donors (Lipinski definition) is 0. The maximum absolute atomic E-state index is 12.7. The molecule has 1 aliphatic heterocycles. The SMILES string of the molecule is CN1C(=O)C(=Cc2nc3ccc(I)cc3c(=O)n2C)c2ccccc21. The lowest BCUT2D eigenvalue weighted by Crippen LogP contribution is -2.22. The molecule has 1 amide bonds. The molecular formula is C19H14IN3O2. The monoisotopic (exact) mass is 443 g/mol. The summed E-state index contributed by atoms with van der Waals surface area (Å²) < 4.78 is 2.47. The Bertz CT molecular complexity index is 1130. The smallest absolute Gasteiger partial charge is 0.261 e. The summed E-state index contributed by atoms with van der Waals surface area (Å²) in [6, 6.07) is 13.2. The van der Waals surface area contributed by atoms with Gasteiger partial charge in [0.2, 0.25) is 0 Å². The van der Waals surface area contributed by atoms with Gasteiger partial charge >= 0.3 is 0 Å². The van der Waals surface area contributed by atoms with E-state index >= 15 is 0 Å². The standard InChI is InChI=1S/C19H14IN3O2/c1-22-16-6-4-3-5-12(16)13(18(22)24)10-17-21-15-8-7-11(20)9-14(15)19(25)23(17)2/h3-10H,1-2H3. The van der Waals surface area contributed by atoms with Crippen LogP contribution in [0.3, 0.4) is 0 Å². The Balaban J connectivity index is 1.96. The van der Waals surface area contributed by atoms with Gasteiger partial charge < -0.3 is 4.90 Å². The molecule has 0 saturated heterocycles. The first-order valence-corrected chi connectivity index (χ1v) is 8.80. The van der Waals surface area contributed by atoms with Crippen LogP contribution < -0.4 is 10.5 Å². The third kappa shape index (κ3) is 2.48. The highest BCUT2D eigenvalue weighted by atomic mass is 127. The fourth-order valence-electron chi connectivity index (χ4n) is 3.06. The number of rotatable bonds is 1. The zero-order chi connectivity index (χ0) is 17.7. The van der Waals surface area contributed by atoms with E-state index in [0.717, 1.165) is 14.8 Å². The lowest BCUT2D eigenvalue weighted by molar-refractivity contribution is -0.112. The number of para-hydroxylation sites is 1. The van der Waals surface area contributed by atoms with Gasteiger partial charge in [-0.25, -0.2) is 4.98 Å². The van der Waals surface area contributed by atoms with Crippen molar-refractivity contribution in [1.82, 2.24) is 9.55 Å². The fraction of sp³-hybridized carbons (Fsp3) is 0.105. The van der Waals surface area contributed by atoms with E-state index in [4.69, 9.17) is 0 Å². The zero-order valence-corrected chi connectivity index (χ0v) is 15.8. The largest absolute Gasteiger partial charge is 0.311 e. The van der Waals surface area contributed by atoms with Crippen molar-refractivity contribution in [3.05, 3.63) is 67.8 Å². The van der Waals surface area contributed by atoms with Crippen molar-refractivity contribution < 1.29 is 4.79 Å². The van der Waals surface area contributed by atoms with Gasteiger partial charge in [-0.15, -0.1) is 0 Å². The van der Waals surface area contributed by atoms with Crippen molar-refractivity contribution >= 4 is 56.7 Å². The van der Waals surface area contributed by atoms with Crippen LogP contribution in [0.5, 0.6) is 0 Å². The average Bonchev–Trinajstić information content (AvgIpc) is 2.85. The number of fused-ring (bicyclic) bond motifs is 2. The molecule has 0 N–H and O–H groups in total. The Morgan fingerprint density at radius 3 is 2.64 bits per heavy atom. The predicted octanol–water partition coefficient (Wildman–Crippen LogP) is 3.06. The summed E-state index contributed by atoms with van der Waals surface area (Å²) in [6.07, 6.45) is 1.70. The van der Waals surface area contributed by atoms with Crippen LogP contribution in [0.4, 0.5) is 5.69 Å². The molecule has 0 atom stereocenters. The van der Waals surface area contributed by atoms with Crippen molar-refractivity contribution in [1.29, 1.82) is 0 Å². The minimum atomic E-state index is -0.123. The summed E-state index contributed by atoms with van der Waals surface area (Å²) >= 11 is 2.17. The van der Waals surface area contributed by atoms with Gasteiger partial charge in [0, 0.05) is 23.2 Å². The van der Waals surface area contributed by atoms with Gasteiger partial charge in [-0.3, -0.25) is 14.2 Å². The van der Waals surface area contributed by atoms with Gasteiger partial charge in [0.15, 0.2) is 0 Å². The van der Waals surface area contributed by atoms with Crippen LogP contribution in [-0.2, 0) is 11.8 Å². The average molecular weight is 443 g/mol. The molecular weight excluding hydrogens is 429 g/mol. The highest BCUT2D eigenvalue weighted by molar-refractivity contribution is 14.1. The van der Waals surface area contributed by atoms with Gasteiger partial charge in [-0.2, -0.15) is 0 Å². The third-order valence-electron chi connectivity index (χ3n) is 4.44. The molecule has 0 saturated carbocycles. The number of halogens is 1. The molecule has 0 spiro atoms. The van der Waals surface area contributed by atoms with Gasteiger partial charge in [0.1, 0.15) is 5.82 Å².